The summed E-state index contributed by atoms with van der Waals surface area (Å²) < 4.78 is 2.06. The Kier molecular flexibility index (Phi) is 2.79. The monoisotopic (exact) mass is 189 g/mol. The first-order valence-electron chi connectivity index (χ1n) is 4.97. The van der Waals surface area contributed by atoms with Crippen LogP contribution in [0.15, 0.2) is 30.5 Å². The molecule has 1 aromatic heterocycles. The molecule has 0 aliphatic heterocycles. The van der Waals surface area contributed by atoms with E-state index < -0.39 is 0 Å². The van der Waals surface area contributed by atoms with Crippen molar-refractivity contribution in [1.82, 2.24) is 15.1 Å². The zero-order valence-corrected chi connectivity index (χ0v) is 8.40. The number of aromatic nitrogens is 2. The number of nitrogens with one attached hydrogen (secondary N) is 1. The summed E-state index contributed by atoms with van der Waals surface area (Å²) in [5, 5.41) is 8.71. The van der Waals surface area contributed by atoms with Crippen LogP contribution in [0.25, 0.3) is 10.9 Å². The number of hydrogen-bond acceptors (Lipinski definition) is 2. The maximum Gasteiger partial charge on any atom is 0.0682 e. The molecule has 0 radical (unpaired) electrons. The van der Waals surface area contributed by atoms with Crippen molar-refractivity contribution in [3.63, 3.8) is 0 Å². The van der Waals surface area contributed by atoms with E-state index in [-0.39, 0.29) is 0 Å². The van der Waals surface area contributed by atoms with E-state index in [1.54, 1.807) is 0 Å². The van der Waals surface area contributed by atoms with Crippen LogP contribution in [0.3, 0.4) is 0 Å². The van der Waals surface area contributed by atoms with E-state index in [0.29, 0.717) is 0 Å². The third kappa shape index (κ3) is 1.77. The van der Waals surface area contributed by atoms with Gasteiger partial charge in [-0.15, -0.1) is 0 Å². The lowest BCUT2D eigenvalue weighted by Gasteiger charge is -2.02. The zero-order chi connectivity index (χ0) is 9.80. The Morgan fingerprint density at radius 2 is 2.21 bits per heavy atom. The fourth-order valence-electron chi connectivity index (χ4n) is 1.61. The van der Waals surface area contributed by atoms with Crippen molar-refractivity contribution in [1.29, 1.82) is 0 Å². The van der Waals surface area contributed by atoms with E-state index in [9.17, 15) is 0 Å². The minimum atomic E-state index is 0.981. The second-order valence-corrected chi connectivity index (χ2v) is 3.38. The van der Waals surface area contributed by atoms with E-state index in [2.05, 4.69) is 33.3 Å². The molecule has 0 fully saturated rings. The SMILES string of the molecule is CNCCCn1ncc2ccccc21. The van der Waals surface area contributed by atoms with Crippen LogP contribution in [0.5, 0.6) is 0 Å². The van der Waals surface area contributed by atoms with Gasteiger partial charge in [-0.1, -0.05) is 18.2 Å². The number of aryl methyl sites for hydroxylation is 1. The molecule has 0 spiro atoms. The number of nitrogens with zero attached hydrogens (tertiary/aromatic N) is 2. The van der Waals surface area contributed by atoms with Crippen LogP contribution in [0.2, 0.25) is 0 Å². The maximum absolute atomic E-state index is 4.36. The molecule has 1 aromatic carbocycles. The summed E-state index contributed by atoms with van der Waals surface area (Å²) >= 11 is 0. The smallest absolute Gasteiger partial charge is 0.0682 e. The Labute approximate surface area is 83.7 Å². The average molecular weight is 189 g/mol. The first kappa shape index (κ1) is 9.21. The summed E-state index contributed by atoms with van der Waals surface area (Å²) in [6.45, 7) is 2.02. The van der Waals surface area contributed by atoms with Crippen molar-refractivity contribution in [3.8, 4) is 0 Å². The van der Waals surface area contributed by atoms with Gasteiger partial charge >= 0.3 is 0 Å². The lowest BCUT2D eigenvalue weighted by atomic mass is 10.2. The summed E-state index contributed by atoms with van der Waals surface area (Å²) in [6, 6.07) is 8.30. The van der Waals surface area contributed by atoms with Crippen LogP contribution < -0.4 is 5.32 Å². The lowest BCUT2D eigenvalue weighted by molar-refractivity contribution is 0.577. The van der Waals surface area contributed by atoms with Crippen molar-refractivity contribution in [2.24, 2.45) is 0 Å². The average Bonchev–Trinajstić information content (AvgIpc) is 2.63. The van der Waals surface area contributed by atoms with Gasteiger partial charge in [0.05, 0.1) is 11.7 Å². The van der Waals surface area contributed by atoms with Gasteiger partial charge in [-0.25, -0.2) is 0 Å². The molecule has 1 N–H and O–H groups in total. The Balaban J connectivity index is 2.17. The highest BCUT2D eigenvalue weighted by Crippen LogP contribution is 2.12. The molecule has 0 bridgehead atoms. The second-order valence-electron chi connectivity index (χ2n) is 3.38. The standard InChI is InChI=1S/C11H15N3/c1-12-7-4-8-14-11-6-3-2-5-10(11)9-13-14/h2-3,5-6,9,12H,4,7-8H2,1H3. The molecule has 0 saturated heterocycles. The third-order valence-corrected chi connectivity index (χ3v) is 2.35. The summed E-state index contributed by atoms with van der Waals surface area (Å²) in [6.07, 6.45) is 3.04. The van der Waals surface area contributed by atoms with Crippen molar-refractivity contribution in [2.45, 2.75) is 13.0 Å². The summed E-state index contributed by atoms with van der Waals surface area (Å²) in [4.78, 5) is 0. The van der Waals surface area contributed by atoms with Gasteiger partial charge in [-0.3, -0.25) is 4.68 Å². The van der Waals surface area contributed by atoms with E-state index in [1.165, 1.54) is 10.9 Å². The van der Waals surface area contributed by atoms with E-state index in [0.717, 1.165) is 19.5 Å². The minimum absolute atomic E-state index is 0.981. The van der Waals surface area contributed by atoms with Crippen LogP contribution in [0, 0.1) is 0 Å². The zero-order valence-electron chi connectivity index (χ0n) is 8.40. The first-order valence-corrected chi connectivity index (χ1v) is 4.97. The molecule has 14 heavy (non-hydrogen) atoms. The van der Waals surface area contributed by atoms with Crippen molar-refractivity contribution in [3.05, 3.63) is 30.5 Å². The second kappa shape index (κ2) is 4.24. The van der Waals surface area contributed by atoms with Gasteiger partial charge in [0.25, 0.3) is 0 Å². The fraction of sp³-hybridized carbons (Fsp3) is 0.364. The molecule has 1 heterocycles. The molecule has 3 heteroatoms. The highest BCUT2D eigenvalue weighted by Gasteiger charge is 1.99. The fourth-order valence-corrected chi connectivity index (χ4v) is 1.61. The van der Waals surface area contributed by atoms with Crippen LogP contribution in [-0.2, 0) is 6.54 Å². The largest absolute Gasteiger partial charge is 0.320 e. The van der Waals surface area contributed by atoms with Crippen LogP contribution in [0.1, 0.15) is 6.42 Å². The van der Waals surface area contributed by atoms with Crippen LogP contribution >= 0.6 is 0 Å². The Hall–Kier alpha value is -1.35. The molecule has 2 rings (SSSR count). The van der Waals surface area contributed by atoms with Gasteiger partial charge in [0.2, 0.25) is 0 Å². The molecule has 0 unspecified atom stereocenters. The molecule has 2 aromatic rings. The predicted octanol–water partition coefficient (Wildman–Crippen LogP) is 1.65. The molecule has 3 nitrogen and oxygen atoms in total. The summed E-state index contributed by atoms with van der Waals surface area (Å²) in [7, 11) is 1.97. The Morgan fingerprint density at radius 1 is 1.36 bits per heavy atom. The molecule has 0 atom stereocenters. The Bertz CT molecular complexity index is 406. The summed E-state index contributed by atoms with van der Waals surface area (Å²) in [5.74, 6) is 0. The van der Waals surface area contributed by atoms with E-state index in [4.69, 9.17) is 0 Å². The van der Waals surface area contributed by atoms with Gasteiger partial charge in [0, 0.05) is 11.9 Å². The van der Waals surface area contributed by atoms with Gasteiger partial charge in [-0.2, -0.15) is 5.10 Å². The quantitative estimate of drug-likeness (QED) is 0.741. The van der Waals surface area contributed by atoms with E-state index in [1.807, 2.05) is 19.3 Å². The van der Waals surface area contributed by atoms with Crippen LogP contribution in [-0.4, -0.2) is 23.4 Å². The Morgan fingerprint density at radius 3 is 3.07 bits per heavy atom. The lowest BCUT2D eigenvalue weighted by Crippen LogP contribution is -2.11. The predicted molar refractivity (Wildman–Crippen MR) is 58.3 cm³/mol. The molecule has 0 amide bonds. The highest BCUT2D eigenvalue weighted by atomic mass is 15.3. The number of hydrogen-bond donors (Lipinski definition) is 1. The van der Waals surface area contributed by atoms with E-state index >= 15 is 0 Å². The molecule has 0 aliphatic carbocycles. The number of fused-ring (bicyclic) bond motifs is 1. The molecule has 0 aliphatic rings. The van der Waals surface area contributed by atoms with Gasteiger partial charge in [0.1, 0.15) is 0 Å². The topological polar surface area (TPSA) is 29.9 Å². The third-order valence-electron chi connectivity index (χ3n) is 2.35. The molecular formula is C11H15N3. The molecule has 0 saturated carbocycles. The molecule has 74 valence electrons. The minimum Gasteiger partial charge on any atom is -0.320 e. The number of para-hydroxylation sites is 1. The first-order chi connectivity index (χ1) is 6.92. The van der Waals surface area contributed by atoms with Gasteiger partial charge in [-0.05, 0) is 26.1 Å². The van der Waals surface area contributed by atoms with Crippen LogP contribution in [0.4, 0.5) is 0 Å². The maximum atomic E-state index is 4.36. The highest BCUT2D eigenvalue weighted by molar-refractivity contribution is 5.78. The van der Waals surface area contributed by atoms with Gasteiger partial charge < -0.3 is 5.32 Å². The van der Waals surface area contributed by atoms with Gasteiger partial charge in [0.15, 0.2) is 0 Å². The van der Waals surface area contributed by atoms with Crippen molar-refractivity contribution in [2.75, 3.05) is 13.6 Å². The number of benzene rings is 1. The van der Waals surface area contributed by atoms with Crippen molar-refractivity contribution < 1.29 is 0 Å². The molecular weight excluding hydrogens is 174 g/mol. The summed E-state index contributed by atoms with van der Waals surface area (Å²) in [5.41, 5.74) is 1.23. The van der Waals surface area contributed by atoms with Crippen molar-refractivity contribution >= 4 is 10.9 Å². The number of rotatable bonds is 4. The normalized spacial score (nSPS) is 10.9.